The number of aromatic nitrogens is 6. The molecule has 176 valence electrons. The third-order valence-corrected chi connectivity index (χ3v) is 7.41. The van der Waals surface area contributed by atoms with Gasteiger partial charge >= 0.3 is 6.18 Å². The number of fused-ring (bicyclic) bond motifs is 2. The van der Waals surface area contributed by atoms with E-state index in [2.05, 4.69) is 31.4 Å². The molecule has 0 spiro atoms. The van der Waals surface area contributed by atoms with E-state index < -0.39 is 27.2 Å². The van der Waals surface area contributed by atoms with Crippen LogP contribution in [0.15, 0.2) is 29.6 Å². The molecule has 4 aromatic rings. The lowest BCUT2D eigenvalue weighted by atomic mass is 10.3. The van der Waals surface area contributed by atoms with E-state index in [0.717, 1.165) is 12.3 Å². The Morgan fingerprint density at radius 1 is 1.29 bits per heavy atom. The Kier molecular flexibility index (Phi) is 4.63. The van der Waals surface area contributed by atoms with Crippen LogP contribution >= 0.6 is 0 Å². The zero-order chi connectivity index (χ0) is 24.5. The first-order valence-corrected chi connectivity index (χ1v) is 11.8. The molecule has 1 saturated carbocycles. The van der Waals surface area contributed by atoms with E-state index in [9.17, 15) is 26.9 Å². The Morgan fingerprint density at radius 2 is 2.03 bits per heavy atom. The molecule has 0 saturated heterocycles. The van der Waals surface area contributed by atoms with Crippen LogP contribution in [0.4, 0.5) is 19.0 Å². The van der Waals surface area contributed by atoms with Gasteiger partial charge in [0.2, 0.25) is 0 Å². The first-order valence-electron chi connectivity index (χ1n) is 10.2. The quantitative estimate of drug-likeness (QED) is 0.452. The maximum absolute atomic E-state index is 13.2. The highest BCUT2D eigenvalue weighted by atomic mass is 32.2. The van der Waals surface area contributed by atoms with Gasteiger partial charge in [0.05, 0.1) is 29.1 Å². The van der Waals surface area contributed by atoms with Gasteiger partial charge in [-0.15, -0.1) is 0 Å². The van der Waals surface area contributed by atoms with Crippen molar-refractivity contribution in [3.05, 3.63) is 30.2 Å². The van der Waals surface area contributed by atoms with Crippen LogP contribution in [0, 0.1) is 11.3 Å². The Balaban J connectivity index is 1.79. The first kappa shape index (κ1) is 22.1. The van der Waals surface area contributed by atoms with Crippen molar-refractivity contribution in [2.75, 3.05) is 11.1 Å². The van der Waals surface area contributed by atoms with Gasteiger partial charge in [0.25, 0.3) is 0 Å². The van der Waals surface area contributed by atoms with Gasteiger partial charge in [-0.25, -0.2) is 23.4 Å². The number of hydrogen-bond donors (Lipinski definition) is 1. The molecule has 1 aliphatic rings. The van der Waals surface area contributed by atoms with Crippen molar-refractivity contribution in [3.63, 3.8) is 0 Å². The number of nitrogens with one attached hydrogen (secondary N) is 1. The van der Waals surface area contributed by atoms with Gasteiger partial charge < -0.3 is 9.88 Å². The van der Waals surface area contributed by atoms with Crippen LogP contribution in [0.1, 0.15) is 25.5 Å². The maximum atomic E-state index is 13.2. The van der Waals surface area contributed by atoms with Crippen molar-refractivity contribution in [2.24, 2.45) is 7.05 Å². The highest BCUT2D eigenvalue weighted by Gasteiger charge is 2.44. The van der Waals surface area contributed by atoms with Crippen molar-refractivity contribution in [3.8, 4) is 17.5 Å². The molecule has 0 amide bonds. The van der Waals surface area contributed by atoms with E-state index in [4.69, 9.17) is 0 Å². The standard InChI is InChI=1S/C20H17F3N8O2S/c1-3-34(32,33)18-15(16-25-7-4-14(31(16)29-18)28-19(10-24)5-6-19)17-27-11-8-13(20(21,22)23)26-9-12(11)30(17)2/h4,7-9,28H,3,5-6H2,1-2H3. The summed E-state index contributed by atoms with van der Waals surface area (Å²) in [4.78, 5) is 12.1. The topological polar surface area (TPSA) is 131 Å². The Labute approximate surface area is 191 Å². The second-order valence-corrected chi connectivity index (χ2v) is 10.2. The van der Waals surface area contributed by atoms with E-state index in [-0.39, 0.29) is 38.8 Å². The molecule has 0 unspecified atom stereocenters. The van der Waals surface area contributed by atoms with Gasteiger partial charge in [-0.1, -0.05) is 6.92 Å². The molecule has 0 atom stereocenters. The molecule has 0 aliphatic heterocycles. The first-order chi connectivity index (χ1) is 16.0. The van der Waals surface area contributed by atoms with Crippen LogP contribution in [0.3, 0.4) is 0 Å². The van der Waals surface area contributed by atoms with Crippen molar-refractivity contribution >= 4 is 32.3 Å². The number of aryl methyl sites for hydroxylation is 1. The van der Waals surface area contributed by atoms with E-state index in [1.54, 1.807) is 13.1 Å². The number of sulfone groups is 1. The average molecular weight is 490 g/mol. The van der Waals surface area contributed by atoms with Crippen molar-refractivity contribution in [1.29, 1.82) is 5.26 Å². The van der Waals surface area contributed by atoms with Gasteiger partial charge in [-0.2, -0.15) is 28.0 Å². The van der Waals surface area contributed by atoms with E-state index in [1.165, 1.54) is 22.2 Å². The minimum Gasteiger partial charge on any atom is -0.352 e. The van der Waals surface area contributed by atoms with E-state index in [0.29, 0.717) is 18.7 Å². The molecule has 4 heterocycles. The third-order valence-electron chi connectivity index (χ3n) is 5.77. The summed E-state index contributed by atoms with van der Waals surface area (Å²) in [6.45, 7) is 1.46. The summed E-state index contributed by atoms with van der Waals surface area (Å²) in [6, 6.07) is 4.57. The smallest absolute Gasteiger partial charge is 0.352 e. The van der Waals surface area contributed by atoms with Crippen LogP contribution in [-0.4, -0.2) is 48.8 Å². The molecule has 5 rings (SSSR count). The molecule has 10 nitrogen and oxygen atoms in total. The molecule has 4 aromatic heterocycles. The number of hydrogen-bond acceptors (Lipinski definition) is 8. The monoisotopic (exact) mass is 490 g/mol. The highest BCUT2D eigenvalue weighted by Crippen LogP contribution is 2.39. The van der Waals surface area contributed by atoms with E-state index in [1.807, 2.05) is 0 Å². The zero-order valence-corrected chi connectivity index (χ0v) is 18.7. The van der Waals surface area contributed by atoms with Crippen LogP contribution in [-0.2, 0) is 23.1 Å². The molecular formula is C20H17F3N8O2S. The fraction of sp³-hybridized carbons (Fsp3) is 0.350. The minimum absolute atomic E-state index is 0.00489. The van der Waals surface area contributed by atoms with E-state index >= 15 is 0 Å². The fourth-order valence-corrected chi connectivity index (χ4v) is 4.65. The number of imidazole rings is 1. The number of halogens is 3. The second kappa shape index (κ2) is 7.13. The van der Waals surface area contributed by atoms with Gasteiger partial charge in [0.15, 0.2) is 20.5 Å². The predicted octanol–water partition coefficient (Wildman–Crippen LogP) is 2.96. The van der Waals surface area contributed by atoms with Gasteiger partial charge in [-0.05, 0) is 25.0 Å². The number of nitrogens with zero attached hydrogens (tertiary/aromatic N) is 7. The second-order valence-electron chi connectivity index (χ2n) is 8.02. The summed E-state index contributed by atoms with van der Waals surface area (Å²) in [5, 5.41) is 16.5. The van der Waals surface area contributed by atoms with Gasteiger partial charge in [0.1, 0.15) is 28.4 Å². The summed E-state index contributed by atoms with van der Waals surface area (Å²) < 4.78 is 68.1. The summed E-state index contributed by atoms with van der Waals surface area (Å²) >= 11 is 0. The Bertz CT molecular complexity index is 1610. The number of anilines is 1. The molecular weight excluding hydrogens is 473 g/mol. The largest absolute Gasteiger partial charge is 0.433 e. The zero-order valence-electron chi connectivity index (χ0n) is 17.9. The van der Waals surface area contributed by atoms with Crippen LogP contribution in [0.2, 0.25) is 0 Å². The molecule has 1 N–H and O–H groups in total. The highest BCUT2D eigenvalue weighted by molar-refractivity contribution is 7.91. The van der Waals surface area contributed by atoms with Crippen LogP contribution in [0.5, 0.6) is 0 Å². The maximum Gasteiger partial charge on any atom is 0.433 e. The summed E-state index contributed by atoms with van der Waals surface area (Å²) in [5.41, 5.74) is -1.41. The molecule has 34 heavy (non-hydrogen) atoms. The van der Waals surface area contributed by atoms with Crippen molar-refractivity contribution in [1.82, 2.24) is 29.1 Å². The van der Waals surface area contributed by atoms with Gasteiger partial charge in [0, 0.05) is 13.2 Å². The van der Waals surface area contributed by atoms with Crippen molar-refractivity contribution < 1.29 is 21.6 Å². The minimum atomic E-state index is -4.66. The molecule has 0 radical (unpaired) electrons. The average Bonchev–Trinajstić information content (AvgIpc) is 3.34. The number of rotatable bonds is 5. The SMILES string of the molecule is CCS(=O)(=O)c1nn2c(NC3(C#N)CC3)ccnc2c1-c1nc2cc(C(F)(F)F)ncc2n1C. The Morgan fingerprint density at radius 3 is 2.65 bits per heavy atom. The van der Waals surface area contributed by atoms with Gasteiger partial charge in [-0.3, -0.25) is 0 Å². The molecule has 1 fully saturated rings. The summed E-state index contributed by atoms with van der Waals surface area (Å²) in [7, 11) is -2.34. The third kappa shape index (κ3) is 3.35. The van der Waals surface area contributed by atoms with Crippen molar-refractivity contribution in [2.45, 2.75) is 36.5 Å². The number of nitriles is 1. The lowest BCUT2D eigenvalue weighted by Crippen LogP contribution is -2.20. The molecule has 0 bridgehead atoms. The lowest BCUT2D eigenvalue weighted by Gasteiger charge is -2.11. The molecule has 14 heteroatoms. The summed E-state index contributed by atoms with van der Waals surface area (Å²) in [5.74, 6) is 0.172. The Hall–Kier alpha value is -3.73. The number of pyridine rings is 1. The molecule has 0 aromatic carbocycles. The summed E-state index contributed by atoms with van der Waals surface area (Å²) in [6.07, 6.45) is -0.931. The lowest BCUT2D eigenvalue weighted by molar-refractivity contribution is -0.141. The molecule has 1 aliphatic carbocycles. The van der Waals surface area contributed by atoms with Crippen LogP contribution < -0.4 is 5.32 Å². The normalized spacial score (nSPS) is 15.5. The van der Waals surface area contributed by atoms with Crippen LogP contribution in [0.25, 0.3) is 28.1 Å². The predicted molar refractivity (Wildman–Crippen MR) is 114 cm³/mol. The number of alkyl halides is 3. The fourth-order valence-electron chi connectivity index (χ4n) is 3.67.